The Morgan fingerprint density at radius 2 is 2.16 bits per heavy atom. The van der Waals surface area contributed by atoms with Crippen LogP contribution in [0.25, 0.3) is 0 Å². The smallest absolute Gasteiger partial charge is 0.319 e. The van der Waals surface area contributed by atoms with E-state index in [1.54, 1.807) is 7.11 Å². The molecule has 106 valence electrons. The third kappa shape index (κ3) is 6.79. The zero-order valence-corrected chi connectivity index (χ0v) is 11.7. The molecule has 19 heavy (non-hydrogen) atoms. The minimum Gasteiger partial charge on any atom is -0.383 e. The number of hydrogen-bond acceptors (Lipinski definition) is 3. The molecule has 0 bridgehead atoms. The van der Waals surface area contributed by atoms with Gasteiger partial charge in [-0.25, -0.2) is 4.79 Å². The van der Waals surface area contributed by atoms with Crippen molar-refractivity contribution in [1.29, 1.82) is 0 Å². The van der Waals surface area contributed by atoms with Gasteiger partial charge < -0.3 is 20.1 Å². The molecule has 0 aromatic heterocycles. The summed E-state index contributed by atoms with van der Waals surface area (Å²) in [6.45, 7) is 5.50. The topological polar surface area (TPSA) is 59.6 Å². The molecule has 0 aliphatic carbocycles. The van der Waals surface area contributed by atoms with E-state index in [2.05, 4.69) is 10.6 Å². The second kappa shape index (κ2) is 8.50. The van der Waals surface area contributed by atoms with Crippen molar-refractivity contribution in [3.63, 3.8) is 0 Å². The van der Waals surface area contributed by atoms with Crippen molar-refractivity contribution in [1.82, 2.24) is 5.32 Å². The summed E-state index contributed by atoms with van der Waals surface area (Å²) in [5.41, 5.74) is 1.78. The number of methoxy groups -OCH3 is 1. The molecule has 0 aliphatic rings. The molecule has 0 radical (unpaired) electrons. The van der Waals surface area contributed by atoms with Crippen LogP contribution >= 0.6 is 0 Å². The fourth-order valence-electron chi connectivity index (χ4n) is 1.44. The van der Waals surface area contributed by atoms with Crippen molar-refractivity contribution in [2.24, 2.45) is 0 Å². The van der Waals surface area contributed by atoms with Gasteiger partial charge >= 0.3 is 6.03 Å². The average molecular weight is 266 g/mol. The second-order valence-electron chi connectivity index (χ2n) is 4.43. The predicted molar refractivity (Wildman–Crippen MR) is 75.3 cm³/mol. The SMILES string of the molecule is COCCNC(=O)Nc1cccc(COC(C)C)c1. The van der Waals surface area contributed by atoms with E-state index in [0.717, 1.165) is 11.3 Å². The molecule has 5 heteroatoms. The number of carbonyl (C=O) groups is 1. The first-order valence-electron chi connectivity index (χ1n) is 6.36. The maximum Gasteiger partial charge on any atom is 0.319 e. The highest BCUT2D eigenvalue weighted by atomic mass is 16.5. The summed E-state index contributed by atoms with van der Waals surface area (Å²) in [6.07, 6.45) is 0.189. The quantitative estimate of drug-likeness (QED) is 0.745. The number of rotatable bonds is 7. The van der Waals surface area contributed by atoms with Gasteiger partial charge in [-0.05, 0) is 31.5 Å². The molecule has 1 aromatic rings. The van der Waals surface area contributed by atoms with Crippen LogP contribution in [0.15, 0.2) is 24.3 Å². The molecule has 0 saturated heterocycles. The third-order valence-corrected chi connectivity index (χ3v) is 2.36. The standard InChI is InChI=1S/C14H22N2O3/c1-11(2)19-10-12-5-4-6-13(9-12)16-14(17)15-7-8-18-3/h4-6,9,11H,7-8,10H2,1-3H3,(H2,15,16,17). The number of hydrogen-bond donors (Lipinski definition) is 2. The van der Waals surface area contributed by atoms with E-state index in [0.29, 0.717) is 19.8 Å². The minimum absolute atomic E-state index is 0.189. The lowest BCUT2D eigenvalue weighted by Gasteiger charge is -2.10. The van der Waals surface area contributed by atoms with Crippen LogP contribution in [0.3, 0.4) is 0 Å². The van der Waals surface area contributed by atoms with Crippen molar-refractivity contribution < 1.29 is 14.3 Å². The van der Waals surface area contributed by atoms with E-state index >= 15 is 0 Å². The van der Waals surface area contributed by atoms with E-state index in [1.807, 2.05) is 38.1 Å². The van der Waals surface area contributed by atoms with Crippen molar-refractivity contribution >= 4 is 11.7 Å². The van der Waals surface area contributed by atoms with Gasteiger partial charge in [0, 0.05) is 19.3 Å². The van der Waals surface area contributed by atoms with Gasteiger partial charge in [-0.1, -0.05) is 12.1 Å². The van der Waals surface area contributed by atoms with Gasteiger partial charge in [0.25, 0.3) is 0 Å². The summed E-state index contributed by atoms with van der Waals surface area (Å²) in [5, 5.41) is 5.46. The van der Waals surface area contributed by atoms with E-state index in [1.165, 1.54) is 0 Å². The number of benzene rings is 1. The Bertz CT molecular complexity index is 394. The highest BCUT2D eigenvalue weighted by Crippen LogP contribution is 2.12. The van der Waals surface area contributed by atoms with Crippen LogP contribution in [-0.2, 0) is 16.1 Å². The van der Waals surface area contributed by atoms with Gasteiger partial charge in [0.05, 0.1) is 19.3 Å². The summed E-state index contributed by atoms with van der Waals surface area (Å²) < 4.78 is 10.4. The van der Waals surface area contributed by atoms with E-state index in [4.69, 9.17) is 9.47 Å². The molecule has 2 N–H and O–H groups in total. The lowest BCUT2D eigenvalue weighted by atomic mass is 10.2. The van der Waals surface area contributed by atoms with Gasteiger partial charge in [0.15, 0.2) is 0 Å². The summed E-state index contributed by atoms with van der Waals surface area (Å²) in [7, 11) is 1.60. The first kappa shape index (κ1) is 15.5. The zero-order valence-electron chi connectivity index (χ0n) is 11.7. The molecule has 1 aromatic carbocycles. The number of nitrogens with one attached hydrogen (secondary N) is 2. The number of carbonyl (C=O) groups excluding carboxylic acids is 1. The van der Waals surface area contributed by atoms with Crippen molar-refractivity contribution in [2.75, 3.05) is 25.6 Å². The monoisotopic (exact) mass is 266 g/mol. The molecule has 1 rings (SSSR count). The Kier molecular flexibility index (Phi) is 6.92. The zero-order chi connectivity index (χ0) is 14.1. The van der Waals surface area contributed by atoms with Gasteiger partial charge in [-0.3, -0.25) is 0 Å². The summed E-state index contributed by atoms with van der Waals surface area (Å²) in [4.78, 5) is 11.6. The van der Waals surface area contributed by atoms with Crippen LogP contribution in [0.4, 0.5) is 10.5 Å². The van der Waals surface area contributed by atoms with Crippen LogP contribution in [0.1, 0.15) is 19.4 Å². The highest BCUT2D eigenvalue weighted by Gasteiger charge is 2.02. The molecular formula is C14H22N2O3. The van der Waals surface area contributed by atoms with E-state index < -0.39 is 0 Å². The maximum absolute atomic E-state index is 11.6. The predicted octanol–water partition coefficient (Wildman–Crippen LogP) is 2.38. The molecular weight excluding hydrogens is 244 g/mol. The van der Waals surface area contributed by atoms with Crippen LogP contribution in [-0.4, -0.2) is 32.4 Å². The maximum atomic E-state index is 11.6. The van der Waals surface area contributed by atoms with Crippen molar-refractivity contribution in [2.45, 2.75) is 26.6 Å². The van der Waals surface area contributed by atoms with Crippen molar-refractivity contribution in [3.05, 3.63) is 29.8 Å². The molecule has 0 heterocycles. The Hall–Kier alpha value is -1.59. The van der Waals surface area contributed by atoms with Crippen LogP contribution in [0, 0.1) is 0 Å². The molecule has 0 spiro atoms. The first-order chi connectivity index (χ1) is 9.11. The summed E-state index contributed by atoms with van der Waals surface area (Å²) in [6, 6.07) is 7.37. The second-order valence-corrected chi connectivity index (χ2v) is 4.43. The summed E-state index contributed by atoms with van der Waals surface area (Å²) in [5.74, 6) is 0. The Morgan fingerprint density at radius 1 is 1.37 bits per heavy atom. The van der Waals surface area contributed by atoms with Gasteiger partial charge in [0.2, 0.25) is 0 Å². The minimum atomic E-state index is -0.237. The Balaban J connectivity index is 2.45. The largest absolute Gasteiger partial charge is 0.383 e. The lowest BCUT2D eigenvalue weighted by Crippen LogP contribution is -2.31. The normalized spacial score (nSPS) is 10.5. The number of anilines is 1. The average Bonchev–Trinajstić information content (AvgIpc) is 2.37. The molecule has 0 atom stereocenters. The molecule has 0 saturated carbocycles. The number of amides is 2. The fourth-order valence-corrected chi connectivity index (χ4v) is 1.44. The van der Waals surface area contributed by atoms with Crippen molar-refractivity contribution in [3.8, 4) is 0 Å². The van der Waals surface area contributed by atoms with Gasteiger partial charge in [0.1, 0.15) is 0 Å². The Labute approximate surface area is 114 Å². The Morgan fingerprint density at radius 3 is 2.84 bits per heavy atom. The lowest BCUT2D eigenvalue weighted by molar-refractivity contribution is 0.0657. The first-order valence-corrected chi connectivity index (χ1v) is 6.36. The fraction of sp³-hybridized carbons (Fsp3) is 0.500. The molecule has 0 fully saturated rings. The molecule has 0 unspecified atom stereocenters. The molecule has 2 amide bonds. The van der Waals surface area contributed by atoms with Crippen LogP contribution < -0.4 is 10.6 Å². The van der Waals surface area contributed by atoms with Gasteiger partial charge in [-0.2, -0.15) is 0 Å². The third-order valence-electron chi connectivity index (χ3n) is 2.36. The summed E-state index contributed by atoms with van der Waals surface area (Å²) >= 11 is 0. The van der Waals surface area contributed by atoms with E-state index in [9.17, 15) is 4.79 Å². The molecule has 0 aliphatic heterocycles. The highest BCUT2D eigenvalue weighted by molar-refractivity contribution is 5.89. The van der Waals surface area contributed by atoms with E-state index in [-0.39, 0.29) is 12.1 Å². The van der Waals surface area contributed by atoms with Gasteiger partial charge in [-0.15, -0.1) is 0 Å². The van der Waals surface area contributed by atoms with Crippen LogP contribution in [0.2, 0.25) is 0 Å². The molecule has 5 nitrogen and oxygen atoms in total. The van der Waals surface area contributed by atoms with Crippen LogP contribution in [0.5, 0.6) is 0 Å². The number of ether oxygens (including phenoxy) is 2. The number of urea groups is 1.